The van der Waals surface area contributed by atoms with Crippen LogP contribution in [0.5, 0.6) is 0 Å². The molecule has 0 radical (unpaired) electrons. The molecular formula is C22H23F2NO2S. The van der Waals surface area contributed by atoms with E-state index in [0.717, 1.165) is 29.9 Å². The number of hydrogen-bond acceptors (Lipinski definition) is 2. The van der Waals surface area contributed by atoms with Crippen LogP contribution in [0.2, 0.25) is 0 Å². The zero-order chi connectivity index (χ0) is 19.5. The van der Waals surface area contributed by atoms with Crippen molar-refractivity contribution in [3.8, 4) is 0 Å². The van der Waals surface area contributed by atoms with Gasteiger partial charge >= 0.3 is 0 Å². The minimum absolute atomic E-state index is 0.0877. The Morgan fingerprint density at radius 3 is 1.96 bits per heavy atom. The fourth-order valence-corrected chi connectivity index (χ4v) is 7.30. The Morgan fingerprint density at radius 2 is 1.43 bits per heavy atom. The lowest BCUT2D eigenvalue weighted by atomic mass is 9.48. The van der Waals surface area contributed by atoms with Crippen LogP contribution in [0.15, 0.2) is 47.4 Å². The Kier molecular flexibility index (Phi) is 4.06. The van der Waals surface area contributed by atoms with Crippen molar-refractivity contribution in [3.63, 3.8) is 0 Å². The molecule has 0 heterocycles. The maximum Gasteiger partial charge on any atom is 0.261 e. The summed E-state index contributed by atoms with van der Waals surface area (Å²) in [6, 6.07) is 9.86. The van der Waals surface area contributed by atoms with E-state index in [2.05, 4.69) is 4.72 Å². The summed E-state index contributed by atoms with van der Waals surface area (Å²) in [5.41, 5.74) is 1.18. The van der Waals surface area contributed by atoms with E-state index in [9.17, 15) is 17.2 Å². The van der Waals surface area contributed by atoms with E-state index in [4.69, 9.17) is 0 Å². The second-order valence-corrected chi connectivity index (χ2v) is 10.6. The third-order valence-electron chi connectivity index (χ3n) is 6.99. The van der Waals surface area contributed by atoms with Crippen LogP contribution in [0.1, 0.15) is 44.1 Å². The highest BCUT2D eigenvalue weighted by Gasteiger charge is 2.51. The van der Waals surface area contributed by atoms with E-state index < -0.39 is 21.7 Å². The van der Waals surface area contributed by atoms with Crippen molar-refractivity contribution in [1.29, 1.82) is 0 Å². The molecule has 6 rings (SSSR count). The van der Waals surface area contributed by atoms with Gasteiger partial charge in [0.2, 0.25) is 0 Å². The van der Waals surface area contributed by atoms with Gasteiger partial charge < -0.3 is 0 Å². The van der Waals surface area contributed by atoms with Crippen molar-refractivity contribution in [3.05, 3.63) is 59.7 Å². The molecule has 0 saturated heterocycles. The third kappa shape index (κ3) is 3.02. The highest BCUT2D eigenvalue weighted by atomic mass is 32.2. The van der Waals surface area contributed by atoms with Crippen molar-refractivity contribution >= 4 is 15.7 Å². The highest BCUT2D eigenvalue weighted by molar-refractivity contribution is 7.92. The first kappa shape index (κ1) is 18.1. The molecule has 1 N–H and O–H groups in total. The van der Waals surface area contributed by atoms with Crippen molar-refractivity contribution in [1.82, 2.24) is 0 Å². The van der Waals surface area contributed by atoms with Crippen molar-refractivity contribution in [2.75, 3.05) is 4.72 Å². The Hall–Kier alpha value is -1.95. The Morgan fingerprint density at radius 1 is 0.857 bits per heavy atom. The van der Waals surface area contributed by atoms with Gasteiger partial charge in [0.05, 0.1) is 10.6 Å². The van der Waals surface area contributed by atoms with Crippen LogP contribution in [-0.2, 0) is 15.4 Å². The number of anilines is 1. The monoisotopic (exact) mass is 403 g/mol. The molecule has 2 aromatic rings. The molecule has 4 fully saturated rings. The summed E-state index contributed by atoms with van der Waals surface area (Å²) in [5, 5.41) is 0. The van der Waals surface area contributed by atoms with E-state index in [1.807, 2.05) is 12.1 Å². The smallest absolute Gasteiger partial charge is 0.261 e. The summed E-state index contributed by atoms with van der Waals surface area (Å²) in [6.45, 7) is 0. The summed E-state index contributed by atoms with van der Waals surface area (Å²) in [6.07, 6.45) is 7.72. The number of nitrogens with one attached hydrogen (secondary N) is 1. The van der Waals surface area contributed by atoms with Crippen molar-refractivity contribution in [2.24, 2.45) is 17.8 Å². The zero-order valence-electron chi connectivity index (χ0n) is 15.5. The highest BCUT2D eigenvalue weighted by Crippen LogP contribution is 2.60. The average Bonchev–Trinajstić information content (AvgIpc) is 2.63. The van der Waals surface area contributed by atoms with Crippen LogP contribution in [0.4, 0.5) is 14.5 Å². The van der Waals surface area contributed by atoms with Gasteiger partial charge in [-0.2, -0.15) is 0 Å². The maximum absolute atomic E-state index is 13.8. The first-order valence-corrected chi connectivity index (χ1v) is 11.4. The van der Waals surface area contributed by atoms with Gasteiger partial charge in [-0.25, -0.2) is 17.2 Å². The van der Waals surface area contributed by atoms with E-state index >= 15 is 0 Å². The fraction of sp³-hybridized carbons (Fsp3) is 0.455. The number of halogens is 2. The van der Waals surface area contributed by atoms with Gasteiger partial charge in [-0.1, -0.05) is 12.1 Å². The summed E-state index contributed by atoms with van der Waals surface area (Å²) in [5.74, 6) is 0.766. The normalized spacial score (nSPS) is 31.1. The molecule has 148 valence electrons. The largest absolute Gasteiger partial charge is 0.277 e. The second kappa shape index (κ2) is 6.28. The van der Waals surface area contributed by atoms with Crippen LogP contribution in [0.3, 0.4) is 0 Å². The fourth-order valence-electron chi connectivity index (χ4n) is 6.23. The maximum atomic E-state index is 13.8. The van der Waals surface area contributed by atoms with Crippen LogP contribution < -0.4 is 4.72 Å². The number of hydrogen-bond donors (Lipinski definition) is 1. The Bertz CT molecular complexity index is 982. The summed E-state index contributed by atoms with van der Waals surface area (Å²) in [7, 11) is -3.93. The molecule has 4 aliphatic carbocycles. The molecule has 4 bridgehead atoms. The minimum atomic E-state index is -3.93. The van der Waals surface area contributed by atoms with Crippen molar-refractivity contribution in [2.45, 2.75) is 48.8 Å². The first-order chi connectivity index (χ1) is 13.3. The van der Waals surface area contributed by atoms with Gasteiger partial charge in [0.15, 0.2) is 0 Å². The molecule has 4 saturated carbocycles. The standard InChI is InChI=1S/C22H23F2NO2S/c23-18-3-6-21(20(24)10-18)25-28(26,27)19-4-1-17(2-5-19)22-11-14-7-15(12-22)9-16(8-14)13-22/h1-6,10,14-16,25H,7-9,11-13H2. The van der Waals surface area contributed by atoms with Gasteiger partial charge in [0, 0.05) is 6.07 Å². The minimum Gasteiger partial charge on any atom is -0.277 e. The number of sulfonamides is 1. The van der Waals surface area contributed by atoms with Crippen LogP contribution in [0, 0.1) is 29.4 Å². The number of benzene rings is 2. The van der Waals surface area contributed by atoms with Gasteiger partial charge in [0.1, 0.15) is 11.6 Å². The predicted molar refractivity (Wildman–Crippen MR) is 103 cm³/mol. The Balaban J connectivity index is 1.40. The quantitative estimate of drug-likeness (QED) is 0.759. The third-order valence-corrected chi connectivity index (χ3v) is 8.37. The molecule has 3 nitrogen and oxygen atoms in total. The van der Waals surface area contributed by atoms with Crippen LogP contribution in [-0.4, -0.2) is 8.42 Å². The van der Waals surface area contributed by atoms with Crippen molar-refractivity contribution < 1.29 is 17.2 Å². The van der Waals surface area contributed by atoms with E-state index in [-0.39, 0.29) is 16.0 Å². The molecule has 0 unspecified atom stereocenters. The zero-order valence-corrected chi connectivity index (χ0v) is 16.3. The molecule has 2 aromatic carbocycles. The summed E-state index contributed by atoms with van der Waals surface area (Å²) in [4.78, 5) is 0.0877. The molecule has 4 aliphatic rings. The molecular weight excluding hydrogens is 380 g/mol. The van der Waals surface area contributed by atoms with Gasteiger partial charge in [-0.15, -0.1) is 0 Å². The molecule has 0 atom stereocenters. The van der Waals surface area contributed by atoms with E-state index in [1.165, 1.54) is 44.1 Å². The first-order valence-electron chi connectivity index (χ1n) is 9.91. The summed E-state index contributed by atoms with van der Waals surface area (Å²) >= 11 is 0. The van der Waals surface area contributed by atoms with Gasteiger partial charge in [0.25, 0.3) is 10.0 Å². The molecule has 6 heteroatoms. The number of rotatable bonds is 4. The lowest BCUT2D eigenvalue weighted by Gasteiger charge is -2.57. The second-order valence-electron chi connectivity index (χ2n) is 8.95. The van der Waals surface area contributed by atoms with Crippen LogP contribution in [0.25, 0.3) is 0 Å². The summed E-state index contributed by atoms with van der Waals surface area (Å²) < 4.78 is 54.3. The van der Waals surface area contributed by atoms with Gasteiger partial charge in [-0.05, 0) is 91.5 Å². The van der Waals surface area contributed by atoms with E-state index in [0.29, 0.717) is 6.07 Å². The lowest BCUT2D eigenvalue weighted by Crippen LogP contribution is -2.48. The lowest BCUT2D eigenvalue weighted by molar-refractivity contribution is -0.00521. The van der Waals surface area contributed by atoms with Gasteiger partial charge in [-0.3, -0.25) is 4.72 Å². The molecule has 0 aliphatic heterocycles. The molecule has 0 aromatic heterocycles. The SMILES string of the molecule is O=S(=O)(Nc1ccc(F)cc1F)c1ccc(C23CC4CC(CC(C4)C2)C3)cc1. The topological polar surface area (TPSA) is 46.2 Å². The molecule has 0 spiro atoms. The molecule has 0 amide bonds. The molecule has 28 heavy (non-hydrogen) atoms. The van der Waals surface area contributed by atoms with Crippen LogP contribution >= 0.6 is 0 Å². The average molecular weight is 403 g/mol. The Labute approximate surface area is 164 Å². The van der Waals surface area contributed by atoms with E-state index in [1.54, 1.807) is 12.1 Å². The predicted octanol–water partition coefficient (Wildman–Crippen LogP) is 5.23.